The minimum absolute atomic E-state index is 0.0881. The second kappa shape index (κ2) is 7.79. The number of aromatic nitrogens is 2. The van der Waals surface area contributed by atoms with E-state index in [2.05, 4.69) is 22.4 Å². The molecule has 1 atom stereocenters. The Hall–Kier alpha value is -0.870. The van der Waals surface area contributed by atoms with Crippen molar-refractivity contribution in [1.29, 1.82) is 0 Å². The van der Waals surface area contributed by atoms with Crippen LogP contribution in [0.15, 0.2) is 24.3 Å². The van der Waals surface area contributed by atoms with E-state index in [1.165, 1.54) is 32.0 Å². The lowest BCUT2D eigenvalue weighted by molar-refractivity contribution is -0.195. The van der Waals surface area contributed by atoms with Crippen LogP contribution < -0.4 is 5.32 Å². The standard InChI is InChI=1S/C16H21N3O3S3/c1-15(23-9-6-10-24-15)13-18-19-14(25-13)17-12(20)11-7-4-5-8-16(11,21-2)22-3/h4-5,7-8,11H,6,9-10H2,1-3H3,(H,17,19,20). The van der Waals surface area contributed by atoms with E-state index >= 15 is 0 Å². The van der Waals surface area contributed by atoms with Gasteiger partial charge < -0.3 is 9.47 Å². The lowest BCUT2D eigenvalue weighted by Crippen LogP contribution is -2.46. The van der Waals surface area contributed by atoms with Crippen LogP contribution in [0.3, 0.4) is 0 Å². The van der Waals surface area contributed by atoms with Crippen LogP contribution in [0.4, 0.5) is 5.13 Å². The van der Waals surface area contributed by atoms with Crippen LogP contribution in [0.5, 0.6) is 0 Å². The summed E-state index contributed by atoms with van der Waals surface area (Å²) in [6, 6.07) is 0. The zero-order valence-corrected chi connectivity index (χ0v) is 16.8. The Morgan fingerprint density at radius 3 is 2.64 bits per heavy atom. The Labute approximate surface area is 159 Å². The molecule has 3 rings (SSSR count). The van der Waals surface area contributed by atoms with Crippen molar-refractivity contribution in [3.8, 4) is 0 Å². The summed E-state index contributed by atoms with van der Waals surface area (Å²) in [6.45, 7) is 2.17. The van der Waals surface area contributed by atoms with Gasteiger partial charge in [0.2, 0.25) is 16.8 Å². The molecular formula is C16H21N3O3S3. The van der Waals surface area contributed by atoms with Gasteiger partial charge >= 0.3 is 0 Å². The van der Waals surface area contributed by atoms with Crippen LogP contribution in [-0.4, -0.2) is 47.6 Å². The fourth-order valence-corrected chi connectivity index (χ4v) is 6.73. The SMILES string of the molecule is COC1(OC)C=CC=CC1C(=O)Nc1nnc(C2(C)SCCCS2)s1. The largest absolute Gasteiger partial charge is 0.349 e. The summed E-state index contributed by atoms with van der Waals surface area (Å²) in [5.41, 5.74) is 0. The van der Waals surface area contributed by atoms with Gasteiger partial charge in [0, 0.05) is 14.2 Å². The summed E-state index contributed by atoms with van der Waals surface area (Å²) in [6.07, 6.45) is 8.32. The number of nitrogens with zero attached hydrogens (tertiary/aromatic N) is 2. The Morgan fingerprint density at radius 2 is 1.96 bits per heavy atom. The first-order chi connectivity index (χ1) is 12.0. The van der Waals surface area contributed by atoms with Crippen LogP contribution >= 0.6 is 34.9 Å². The van der Waals surface area contributed by atoms with Crippen molar-refractivity contribution in [3.05, 3.63) is 29.3 Å². The number of amides is 1. The molecule has 1 saturated heterocycles. The summed E-state index contributed by atoms with van der Waals surface area (Å²) < 4.78 is 10.8. The molecule has 2 aliphatic rings. The number of hydrogen-bond donors (Lipinski definition) is 1. The second-order valence-electron chi connectivity index (χ2n) is 5.75. The zero-order chi connectivity index (χ0) is 17.9. The zero-order valence-electron chi connectivity index (χ0n) is 14.4. The molecule has 0 bridgehead atoms. The number of methoxy groups -OCH3 is 2. The molecule has 0 saturated carbocycles. The monoisotopic (exact) mass is 399 g/mol. The third kappa shape index (κ3) is 3.80. The van der Waals surface area contributed by atoms with Crippen molar-refractivity contribution in [1.82, 2.24) is 10.2 Å². The van der Waals surface area contributed by atoms with Crippen LogP contribution in [-0.2, 0) is 18.3 Å². The van der Waals surface area contributed by atoms with E-state index in [1.54, 1.807) is 18.2 Å². The van der Waals surface area contributed by atoms with Crippen molar-refractivity contribution in [3.63, 3.8) is 0 Å². The molecule has 1 aromatic heterocycles. The smallest absolute Gasteiger partial charge is 0.238 e. The van der Waals surface area contributed by atoms with E-state index in [0.717, 1.165) is 16.5 Å². The maximum Gasteiger partial charge on any atom is 0.238 e. The molecule has 136 valence electrons. The summed E-state index contributed by atoms with van der Waals surface area (Å²) >= 11 is 5.19. The Bertz CT molecular complexity index is 679. The Balaban J connectivity index is 1.73. The van der Waals surface area contributed by atoms with E-state index < -0.39 is 11.7 Å². The van der Waals surface area contributed by atoms with Gasteiger partial charge in [-0.3, -0.25) is 10.1 Å². The van der Waals surface area contributed by atoms with Gasteiger partial charge in [-0.1, -0.05) is 29.6 Å². The van der Waals surface area contributed by atoms with Gasteiger partial charge in [0.1, 0.15) is 15.0 Å². The van der Waals surface area contributed by atoms with E-state index in [-0.39, 0.29) is 9.99 Å². The van der Waals surface area contributed by atoms with Gasteiger partial charge in [-0.15, -0.1) is 33.7 Å². The van der Waals surface area contributed by atoms with Crippen LogP contribution in [0.1, 0.15) is 18.4 Å². The molecule has 1 aliphatic heterocycles. The number of allylic oxidation sites excluding steroid dienone is 2. The molecular weight excluding hydrogens is 378 g/mol. The molecule has 1 N–H and O–H groups in total. The number of hydrogen-bond acceptors (Lipinski definition) is 8. The summed E-state index contributed by atoms with van der Waals surface area (Å²) in [5.74, 6) is 0.297. The number of thioether (sulfide) groups is 2. The molecule has 2 heterocycles. The molecule has 0 radical (unpaired) electrons. The molecule has 1 amide bonds. The maximum atomic E-state index is 12.7. The van der Waals surface area contributed by atoms with Crippen LogP contribution in [0.2, 0.25) is 0 Å². The third-order valence-corrected chi connectivity index (χ3v) is 8.68. The number of nitrogens with one attached hydrogen (secondary N) is 1. The second-order valence-corrected chi connectivity index (χ2v) is 10.0. The highest BCUT2D eigenvalue weighted by atomic mass is 32.2. The van der Waals surface area contributed by atoms with Crippen LogP contribution in [0, 0.1) is 5.92 Å². The molecule has 9 heteroatoms. The lowest BCUT2D eigenvalue weighted by Gasteiger charge is -2.34. The third-order valence-electron chi connectivity index (χ3n) is 4.18. The molecule has 0 aromatic carbocycles. The highest BCUT2D eigenvalue weighted by molar-refractivity contribution is 8.18. The van der Waals surface area contributed by atoms with Crippen LogP contribution in [0.25, 0.3) is 0 Å². The fourth-order valence-electron chi connectivity index (χ4n) is 2.74. The molecule has 1 aliphatic carbocycles. The topological polar surface area (TPSA) is 73.3 Å². The van der Waals surface area contributed by atoms with E-state index in [1.807, 2.05) is 29.6 Å². The number of carbonyl (C=O) groups is 1. The average Bonchev–Trinajstić information content (AvgIpc) is 3.11. The molecule has 1 fully saturated rings. The van der Waals surface area contributed by atoms with Gasteiger partial charge in [0.05, 0.1) is 0 Å². The first-order valence-electron chi connectivity index (χ1n) is 7.92. The Morgan fingerprint density at radius 1 is 1.24 bits per heavy atom. The highest BCUT2D eigenvalue weighted by Gasteiger charge is 2.42. The van der Waals surface area contributed by atoms with E-state index in [9.17, 15) is 4.79 Å². The predicted molar refractivity (Wildman–Crippen MR) is 104 cm³/mol. The van der Waals surface area contributed by atoms with Crippen molar-refractivity contribution in [2.75, 3.05) is 31.0 Å². The number of carbonyl (C=O) groups excluding carboxylic acids is 1. The quantitative estimate of drug-likeness (QED) is 0.762. The van der Waals surface area contributed by atoms with Gasteiger partial charge in [-0.2, -0.15) is 0 Å². The average molecular weight is 400 g/mol. The summed E-state index contributed by atoms with van der Waals surface area (Å²) in [7, 11) is 3.05. The van der Waals surface area contributed by atoms with Gasteiger partial charge in [-0.25, -0.2) is 0 Å². The minimum atomic E-state index is -1.10. The maximum absolute atomic E-state index is 12.7. The van der Waals surface area contributed by atoms with Crippen molar-refractivity contribution >= 4 is 45.9 Å². The molecule has 1 unspecified atom stereocenters. The molecule has 0 spiro atoms. The first-order valence-corrected chi connectivity index (χ1v) is 10.7. The minimum Gasteiger partial charge on any atom is -0.349 e. The van der Waals surface area contributed by atoms with Gasteiger partial charge in [-0.05, 0) is 30.9 Å². The molecule has 25 heavy (non-hydrogen) atoms. The molecule has 6 nitrogen and oxygen atoms in total. The normalized spacial score (nSPS) is 24.2. The summed E-state index contributed by atoms with van der Waals surface area (Å²) in [5, 5.41) is 12.7. The van der Waals surface area contributed by atoms with Crippen molar-refractivity contribution in [2.45, 2.75) is 23.2 Å². The number of rotatable bonds is 5. The fraction of sp³-hybridized carbons (Fsp3) is 0.562. The van der Waals surface area contributed by atoms with Crippen molar-refractivity contribution in [2.24, 2.45) is 5.92 Å². The summed E-state index contributed by atoms with van der Waals surface area (Å²) in [4.78, 5) is 12.7. The Kier molecular flexibility index (Phi) is 5.89. The van der Waals surface area contributed by atoms with Gasteiger partial charge in [0.25, 0.3) is 0 Å². The van der Waals surface area contributed by atoms with E-state index in [4.69, 9.17) is 9.47 Å². The highest BCUT2D eigenvalue weighted by Crippen LogP contribution is 2.50. The first kappa shape index (κ1) is 18.9. The molecule has 1 aromatic rings. The van der Waals surface area contributed by atoms with Gasteiger partial charge in [0.15, 0.2) is 0 Å². The lowest BCUT2D eigenvalue weighted by atomic mass is 9.92. The van der Waals surface area contributed by atoms with Crippen molar-refractivity contribution < 1.29 is 14.3 Å². The number of anilines is 1. The van der Waals surface area contributed by atoms with E-state index in [0.29, 0.717) is 5.13 Å². The number of ether oxygens (including phenoxy) is 2. The predicted octanol–water partition coefficient (Wildman–Crippen LogP) is 3.25.